The molecule has 152 valence electrons. The summed E-state index contributed by atoms with van der Waals surface area (Å²) >= 11 is 0. The van der Waals surface area contributed by atoms with E-state index < -0.39 is 17.5 Å². The molecule has 0 saturated heterocycles. The molecule has 8 heteroatoms. The van der Waals surface area contributed by atoms with Gasteiger partial charge >= 0.3 is 5.97 Å². The molecule has 3 rings (SSSR count). The molecule has 0 radical (unpaired) electrons. The van der Waals surface area contributed by atoms with E-state index in [2.05, 4.69) is 11.4 Å². The van der Waals surface area contributed by atoms with Gasteiger partial charge in [-0.25, -0.2) is 4.79 Å². The van der Waals surface area contributed by atoms with E-state index >= 15 is 0 Å². The fraction of sp³-hybridized carbons (Fsp3) is 0.333. The third kappa shape index (κ3) is 4.37. The number of benzene rings is 2. The molecule has 2 aromatic rings. The fourth-order valence-electron chi connectivity index (χ4n) is 3.64. The summed E-state index contributed by atoms with van der Waals surface area (Å²) in [5.41, 5.74) is 2.54. The smallest absolute Gasteiger partial charge is 0.341 e. The number of nitrogens with zero attached hydrogens (tertiary/aromatic N) is 2. The van der Waals surface area contributed by atoms with Crippen LogP contribution in [0.5, 0.6) is 0 Å². The van der Waals surface area contributed by atoms with Gasteiger partial charge in [-0.2, -0.15) is 0 Å². The Kier molecular flexibility index (Phi) is 6.11. The van der Waals surface area contributed by atoms with Crippen molar-refractivity contribution in [1.82, 2.24) is 4.90 Å². The molecule has 2 aromatic carbocycles. The lowest BCUT2D eigenvalue weighted by atomic mass is 9.87. The van der Waals surface area contributed by atoms with E-state index in [1.807, 2.05) is 18.2 Å². The Bertz CT molecular complexity index is 944. The highest BCUT2D eigenvalue weighted by Crippen LogP contribution is 2.33. The molecule has 1 aliphatic rings. The molecule has 0 spiro atoms. The molecule has 1 amide bonds. The van der Waals surface area contributed by atoms with Gasteiger partial charge in [0.15, 0.2) is 6.61 Å². The second-order valence-corrected chi connectivity index (χ2v) is 6.92. The van der Waals surface area contributed by atoms with Crippen LogP contribution in [0.25, 0.3) is 0 Å². The van der Waals surface area contributed by atoms with Crippen LogP contribution in [-0.4, -0.2) is 42.4 Å². The number of carbonyl (C=O) groups excluding carboxylic acids is 2. The molecular formula is C21H23N3O5. The van der Waals surface area contributed by atoms with Gasteiger partial charge in [0.2, 0.25) is 0 Å². The Morgan fingerprint density at radius 1 is 1.28 bits per heavy atom. The maximum Gasteiger partial charge on any atom is 0.341 e. The third-order valence-corrected chi connectivity index (χ3v) is 5.23. The van der Waals surface area contributed by atoms with Crippen LogP contribution in [0.4, 0.5) is 11.4 Å². The van der Waals surface area contributed by atoms with Crippen molar-refractivity contribution in [3.8, 4) is 0 Å². The van der Waals surface area contributed by atoms with E-state index in [4.69, 9.17) is 4.74 Å². The summed E-state index contributed by atoms with van der Waals surface area (Å²) in [5.74, 6) is -1.11. The Labute approximate surface area is 168 Å². The predicted octanol–water partition coefficient (Wildman–Crippen LogP) is 3.33. The summed E-state index contributed by atoms with van der Waals surface area (Å²) < 4.78 is 5.17. The molecule has 29 heavy (non-hydrogen) atoms. The van der Waals surface area contributed by atoms with Gasteiger partial charge in [-0.1, -0.05) is 24.3 Å². The normalized spacial score (nSPS) is 15.2. The number of ether oxygens (including phenoxy) is 1. The van der Waals surface area contributed by atoms with E-state index in [0.717, 1.165) is 30.9 Å². The first-order valence-electron chi connectivity index (χ1n) is 9.39. The van der Waals surface area contributed by atoms with Gasteiger partial charge in [-0.3, -0.25) is 14.9 Å². The molecule has 0 fully saturated rings. The standard InChI is InChI=1S/C21H23N3O5/c1-22-18-11-10-15(24(27)28)12-17(18)21(26)29-13-20(25)23(2)19-9-5-7-14-6-3-4-8-16(14)19/h3-4,6,8,10-12,19,22H,5,7,9,13H2,1-2H3/t19-/m1/s1. The fourth-order valence-corrected chi connectivity index (χ4v) is 3.64. The van der Waals surface area contributed by atoms with Crippen molar-refractivity contribution >= 4 is 23.3 Å². The Morgan fingerprint density at radius 2 is 2.03 bits per heavy atom. The maximum atomic E-state index is 12.6. The van der Waals surface area contributed by atoms with E-state index in [9.17, 15) is 19.7 Å². The topological polar surface area (TPSA) is 102 Å². The predicted molar refractivity (Wildman–Crippen MR) is 108 cm³/mol. The summed E-state index contributed by atoms with van der Waals surface area (Å²) in [6, 6.07) is 11.8. The number of anilines is 1. The molecule has 0 aliphatic heterocycles. The number of non-ortho nitro benzene ring substituents is 1. The Morgan fingerprint density at radius 3 is 2.76 bits per heavy atom. The minimum atomic E-state index is -0.788. The van der Waals surface area contributed by atoms with Crippen LogP contribution >= 0.6 is 0 Å². The highest BCUT2D eigenvalue weighted by Gasteiger charge is 2.27. The van der Waals surface area contributed by atoms with Crippen LogP contribution in [0, 0.1) is 10.1 Å². The van der Waals surface area contributed by atoms with Gasteiger partial charge in [0.05, 0.1) is 16.5 Å². The van der Waals surface area contributed by atoms with Gasteiger partial charge in [-0.15, -0.1) is 0 Å². The van der Waals surface area contributed by atoms with E-state index in [-0.39, 0.29) is 23.2 Å². The van der Waals surface area contributed by atoms with Crippen molar-refractivity contribution < 1.29 is 19.2 Å². The minimum Gasteiger partial charge on any atom is -0.452 e. The van der Waals surface area contributed by atoms with Crippen LogP contribution in [0.1, 0.15) is 40.4 Å². The zero-order chi connectivity index (χ0) is 21.0. The number of aryl methyl sites for hydroxylation is 1. The van der Waals surface area contributed by atoms with Crippen LogP contribution in [0.3, 0.4) is 0 Å². The first-order valence-corrected chi connectivity index (χ1v) is 9.39. The lowest BCUT2D eigenvalue weighted by Gasteiger charge is -2.33. The van der Waals surface area contributed by atoms with Gasteiger partial charge in [0, 0.05) is 31.9 Å². The van der Waals surface area contributed by atoms with Gasteiger partial charge in [0.1, 0.15) is 0 Å². The molecule has 0 saturated carbocycles. The summed E-state index contributed by atoms with van der Waals surface area (Å²) in [7, 11) is 3.30. The molecule has 1 N–H and O–H groups in total. The van der Waals surface area contributed by atoms with Crippen LogP contribution in [-0.2, 0) is 16.0 Å². The van der Waals surface area contributed by atoms with Crippen molar-refractivity contribution in [3.63, 3.8) is 0 Å². The number of esters is 1. The highest BCUT2D eigenvalue weighted by molar-refractivity contribution is 5.97. The zero-order valence-electron chi connectivity index (χ0n) is 16.4. The molecule has 0 bridgehead atoms. The number of nitrogens with one attached hydrogen (secondary N) is 1. The molecule has 0 unspecified atom stereocenters. The largest absolute Gasteiger partial charge is 0.452 e. The quantitative estimate of drug-likeness (QED) is 0.456. The number of hydrogen-bond donors (Lipinski definition) is 1. The first-order chi connectivity index (χ1) is 13.9. The van der Waals surface area contributed by atoms with Crippen molar-refractivity contribution in [2.45, 2.75) is 25.3 Å². The minimum absolute atomic E-state index is 0.0140. The van der Waals surface area contributed by atoms with Crippen molar-refractivity contribution in [2.24, 2.45) is 0 Å². The van der Waals surface area contributed by atoms with Gasteiger partial charge in [0.25, 0.3) is 11.6 Å². The molecule has 0 heterocycles. The number of amides is 1. The first kappa shape index (κ1) is 20.3. The maximum absolute atomic E-state index is 12.6. The highest BCUT2D eigenvalue weighted by atomic mass is 16.6. The lowest BCUT2D eigenvalue weighted by Crippen LogP contribution is -2.36. The Hall–Kier alpha value is -3.42. The number of rotatable bonds is 6. The summed E-state index contributed by atoms with van der Waals surface area (Å²) in [5, 5.41) is 13.8. The SMILES string of the molecule is CNc1ccc([N+](=O)[O-])cc1C(=O)OCC(=O)N(C)[C@@H]1CCCc2ccccc21. The van der Waals surface area contributed by atoms with Crippen LogP contribution in [0.15, 0.2) is 42.5 Å². The zero-order valence-corrected chi connectivity index (χ0v) is 16.4. The Balaban J connectivity index is 1.69. The molecule has 1 aliphatic carbocycles. The monoisotopic (exact) mass is 397 g/mol. The third-order valence-electron chi connectivity index (χ3n) is 5.23. The van der Waals surface area contributed by atoms with Crippen molar-refractivity contribution in [2.75, 3.05) is 26.0 Å². The van der Waals surface area contributed by atoms with E-state index in [1.165, 1.54) is 17.7 Å². The average molecular weight is 397 g/mol. The number of hydrogen-bond acceptors (Lipinski definition) is 6. The molecule has 8 nitrogen and oxygen atoms in total. The summed E-state index contributed by atoms with van der Waals surface area (Å²) in [6.07, 6.45) is 2.82. The average Bonchev–Trinajstić information content (AvgIpc) is 2.75. The second-order valence-electron chi connectivity index (χ2n) is 6.92. The lowest BCUT2D eigenvalue weighted by molar-refractivity contribution is -0.384. The summed E-state index contributed by atoms with van der Waals surface area (Å²) in [4.78, 5) is 37.1. The van der Waals surface area contributed by atoms with Gasteiger partial charge in [-0.05, 0) is 36.5 Å². The number of fused-ring (bicyclic) bond motifs is 1. The van der Waals surface area contributed by atoms with E-state index in [1.54, 1.807) is 19.0 Å². The number of carbonyl (C=O) groups is 2. The van der Waals surface area contributed by atoms with E-state index in [0.29, 0.717) is 5.69 Å². The number of nitro groups is 1. The molecule has 1 atom stereocenters. The van der Waals surface area contributed by atoms with Crippen LogP contribution < -0.4 is 5.32 Å². The second kappa shape index (κ2) is 8.72. The molecule has 0 aromatic heterocycles. The number of likely N-dealkylation sites (N-methyl/N-ethyl adjacent to an activating group) is 1. The van der Waals surface area contributed by atoms with Crippen LogP contribution in [0.2, 0.25) is 0 Å². The van der Waals surface area contributed by atoms with Crippen molar-refractivity contribution in [3.05, 3.63) is 69.3 Å². The van der Waals surface area contributed by atoms with Gasteiger partial charge < -0.3 is 15.0 Å². The summed E-state index contributed by atoms with van der Waals surface area (Å²) in [6.45, 7) is -0.431. The number of nitro benzene ring substituents is 1. The molecular weight excluding hydrogens is 374 g/mol. The van der Waals surface area contributed by atoms with Crippen molar-refractivity contribution in [1.29, 1.82) is 0 Å².